The maximum atomic E-state index is 13.1. The minimum Gasteiger partial charge on any atom is -0.354 e. The lowest BCUT2D eigenvalue weighted by atomic mass is 9.73. The largest absolute Gasteiger partial charge is 0.354 e. The number of nitrogens with zero attached hydrogens (tertiary/aromatic N) is 4. The number of piperazine rings is 1. The number of nitrogens with one attached hydrogen (secondary N) is 1. The van der Waals surface area contributed by atoms with E-state index in [2.05, 4.69) is 27.0 Å². The van der Waals surface area contributed by atoms with Crippen LogP contribution in [0.15, 0.2) is 24.4 Å². The number of urea groups is 1. The van der Waals surface area contributed by atoms with E-state index in [1.165, 1.54) is 4.90 Å². The minimum atomic E-state index is -0.662. The first-order chi connectivity index (χ1) is 12.6. The third-order valence-electron chi connectivity index (χ3n) is 6.19. The van der Waals surface area contributed by atoms with Crippen LogP contribution >= 0.6 is 0 Å². The minimum absolute atomic E-state index is 0.0261. The Labute approximate surface area is 154 Å². The zero-order chi connectivity index (χ0) is 18.1. The molecule has 0 unspecified atom stereocenters. The molecule has 1 N–H and O–H groups in total. The third kappa shape index (κ3) is 2.94. The molecule has 0 aromatic carbocycles. The van der Waals surface area contributed by atoms with E-state index in [1.807, 2.05) is 18.2 Å². The topological polar surface area (TPSA) is 68.8 Å². The molecule has 140 valence electrons. The van der Waals surface area contributed by atoms with Crippen LogP contribution in [0.1, 0.15) is 32.6 Å². The number of carbonyl (C=O) groups excluding carboxylic acids is 2. The van der Waals surface area contributed by atoms with Gasteiger partial charge in [0, 0.05) is 32.4 Å². The first kappa shape index (κ1) is 17.3. The van der Waals surface area contributed by atoms with Gasteiger partial charge in [-0.1, -0.05) is 25.8 Å². The van der Waals surface area contributed by atoms with Crippen LogP contribution in [-0.2, 0) is 4.79 Å². The van der Waals surface area contributed by atoms with Crippen molar-refractivity contribution in [1.29, 1.82) is 0 Å². The number of aromatic nitrogens is 1. The van der Waals surface area contributed by atoms with E-state index in [-0.39, 0.29) is 17.9 Å². The fourth-order valence-electron chi connectivity index (χ4n) is 4.48. The quantitative estimate of drug-likeness (QED) is 0.834. The van der Waals surface area contributed by atoms with Gasteiger partial charge in [-0.25, -0.2) is 14.7 Å². The lowest BCUT2D eigenvalue weighted by Gasteiger charge is -2.38. The second-order valence-corrected chi connectivity index (χ2v) is 7.72. The number of amides is 3. The van der Waals surface area contributed by atoms with Crippen molar-refractivity contribution in [2.75, 3.05) is 37.7 Å². The summed E-state index contributed by atoms with van der Waals surface area (Å²) < 4.78 is 0. The molecule has 1 saturated carbocycles. The second kappa shape index (κ2) is 6.87. The van der Waals surface area contributed by atoms with E-state index in [4.69, 9.17) is 0 Å². The van der Waals surface area contributed by atoms with Gasteiger partial charge in [0.05, 0.1) is 6.67 Å². The van der Waals surface area contributed by atoms with Gasteiger partial charge in [-0.05, 0) is 30.9 Å². The number of hydrogen-bond donors (Lipinski definition) is 1. The lowest BCUT2D eigenvalue weighted by molar-refractivity contribution is -0.135. The van der Waals surface area contributed by atoms with E-state index < -0.39 is 5.54 Å². The second-order valence-electron chi connectivity index (χ2n) is 7.72. The molecule has 2 atom stereocenters. The van der Waals surface area contributed by atoms with Crippen LogP contribution in [0.2, 0.25) is 0 Å². The average Bonchev–Trinajstić information content (AvgIpc) is 2.90. The molecule has 1 aromatic rings. The Bertz CT molecular complexity index is 674. The van der Waals surface area contributed by atoms with Crippen molar-refractivity contribution in [2.24, 2.45) is 5.92 Å². The highest BCUT2D eigenvalue weighted by molar-refractivity contribution is 6.07. The van der Waals surface area contributed by atoms with Crippen LogP contribution in [0.4, 0.5) is 10.6 Å². The van der Waals surface area contributed by atoms with Crippen LogP contribution in [0, 0.1) is 5.92 Å². The first-order valence-corrected chi connectivity index (χ1v) is 9.62. The molecule has 3 heterocycles. The summed E-state index contributed by atoms with van der Waals surface area (Å²) in [5.74, 6) is 1.16. The van der Waals surface area contributed by atoms with Crippen molar-refractivity contribution < 1.29 is 9.59 Å². The summed E-state index contributed by atoms with van der Waals surface area (Å²) in [5, 5.41) is 3.03. The molecule has 3 amide bonds. The summed E-state index contributed by atoms with van der Waals surface area (Å²) >= 11 is 0. The summed E-state index contributed by atoms with van der Waals surface area (Å²) in [6, 6.07) is 5.70. The molecule has 3 aliphatic rings. The van der Waals surface area contributed by atoms with Gasteiger partial charge < -0.3 is 10.2 Å². The Kier molecular flexibility index (Phi) is 4.56. The summed E-state index contributed by atoms with van der Waals surface area (Å²) in [7, 11) is 0. The van der Waals surface area contributed by atoms with Gasteiger partial charge in [0.15, 0.2) is 0 Å². The van der Waals surface area contributed by atoms with Crippen LogP contribution in [-0.4, -0.2) is 65.1 Å². The number of pyridine rings is 1. The predicted molar refractivity (Wildman–Crippen MR) is 98.6 cm³/mol. The van der Waals surface area contributed by atoms with E-state index >= 15 is 0 Å². The number of carbonyl (C=O) groups is 2. The maximum Gasteiger partial charge on any atom is 0.326 e. The van der Waals surface area contributed by atoms with Crippen LogP contribution in [0.25, 0.3) is 0 Å². The molecular formula is C19H27N5O2. The smallest absolute Gasteiger partial charge is 0.326 e. The van der Waals surface area contributed by atoms with E-state index in [0.29, 0.717) is 6.67 Å². The fraction of sp³-hybridized carbons (Fsp3) is 0.632. The monoisotopic (exact) mass is 357 g/mol. The lowest BCUT2D eigenvalue weighted by Crippen LogP contribution is -2.55. The molecule has 1 aromatic heterocycles. The predicted octanol–water partition coefficient (Wildman–Crippen LogP) is 1.66. The fourth-order valence-corrected chi connectivity index (χ4v) is 4.48. The van der Waals surface area contributed by atoms with Gasteiger partial charge in [-0.15, -0.1) is 0 Å². The van der Waals surface area contributed by atoms with Crippen molar-refractivity contribution >= 4 is 17.8 Å². The van der Waals surface area contributed by atoms with Gasteiger partial charge in [0.1, 0.15) is 11.4 Å². The number of hydrogen-bond acceptors (Lipinski definition) is 5. The van der Waals surface area contributed by atoms with E-state index in [0.717, 1.165) is 57.7 Å². The van der Waals surface area contributed by atoms with Gasteiger partial charge in [0.2, 0.25) is 0 Å². The Hall–Kier alpha value is -2.15. The van der Waals surface area contributed by atoms with Gasteiger partial charge in [-0.2, -0.15) is 0 Å². The van der Waals surface area contributed by atoms with E-state index in [9.17, 15) is 9.59 Å². The summed E-state index contributed by atoms with van der Waals surface area (Å²) in [4.78, 5) is 35.8. The Morgan fingerprint density at radius 1 is 1.19 bits per heavy atom. The van der Waals surface area contributed by atoms with Crippen molar-refractivity contribution in [3.05, 3.63) is 24.4 Å². The summed E-state index contributed by atoms with van der Waals surface area (Å²) in [6.07, 6.45) is 5.72. The SMILES string of the molecule is C[C@H]1CCCC[C@@]12NC(=O)N(CN1CCN(c3ccccn3)CC1)C2=O. The van der Waals surface area contributed by atoms with Crippen LogP contribution in [0.5, 0.6) is 0 Å². The molecule has 3 fully saturated rings. The number of imide groups is 1. The zero-order valence-corrected chi connectivity index (χ0v) is 15.4. The van der Waals surface area contributed by atoms with Crippen molar-refractivity contribution in [1.82, 2.24) is 20.1 Å². The van der Waals surface area contributed by atoms with Crippen LogP contribution < -0.4 is 10.2 Å². The number of anilines is 1. The molecule has 26 heavy (non-hydrogen) atoms. The van der Waals surface area contributed by atoms with Gasteiger partial charge in [-0.3, -0.25) is 9.69 Å². The molecule has 0 radical (unpaired) electrons. The summed E-state index contributed by atoms with van der Waals surface area (Å²) in [6.45, 7) is 5.80. The summed E-state index contributed by atoms with van der Waals surface area (Å²) in [5.41, 5.74) is -0.662. The molecule has 7 heteroatoms. The molecule has 4 rings (SSSR count). The first-order valence-electron chi connectivity index (χ1n) is 9.62. The van der Waals surface area contributed by atoms with Crippen molar-refractivity contribution in [2.45, 2.75) is 38.1 Å². The normalized spacial score (nSPS) is 30.1. The highest BCUT2D eigenvalue weighted by Crippen LogP contribution is 2.38. The Balaban J connectivity index is 1.38. The standard InChI is InChI=1S/C19H27N5O2/c1-15-6-2-4-8-19(15)17(25)24(18(26)21-19)14-22-10-12-23(13-11-22)16-7-3-5-9-20-16/h3,5,7,9,15H,2,4,6,8,10-14H2,1H3,(H,21,26)/t15-,19+/m0/s1. The molecule has 1 spiro atoms. The molecular weight excluding hydrogens is 330 g/mol. The van der Waals surface area contributed by atoms with E-state index in [1.54, 1.807) is 6.20 Å². The highest BCUT2D eigenvalue weighted by atomic mass is 16.2. The molecule has 2 saturated heterocycles. The van der Waals surface area contributed by atoms with Gasteiger partial charge in [0.25, 0.3) is 5.91 Å². The Morgan fingerprint density at radius 2 is 2.00 bits per heavy atom. The number of rotatable bonds is 3. The molecule has 1 aliphatic carbocycles. The van der Waals surface area contributed by atoms with Crippen molar-refractivity contribution in [3.8, 4) is 0 Å². The average molecular weight is 357 g/mol. The maximum absolute atomic E-state index is 13.1. The Morgan fingerprint density at radius 3 is 2.69 bits per heavy atom. The molecule has 7 nitrogen and oxygen atoms in total. The van der Waals surface area contributed by atoms with Crippen molar-refractivity contribution in [3.63, 3.8) is 0 Å². The van der Waals surface area contributed by atoms with Crippen LogP contribution in [0.3, 0.4) is 0 Å². The van der Waals surface area contributed by atoms with Gasteiger partial charge >= 0.3 is 6.03 Å². The third-order valence-corrected chi connectivity index (χ3v) is 6.19. The molecule has 2 aliphatic heterocycles. The zero-order valence-electron chi connectivity index (χ0n) is 15.4. The molecule has 0 bridgehead atoms. The highest BCUT2D eigenvalue weighted by Gasteiger charge is 2.55.